The monoisotopic (exact) mass is 300 g/mol. The van der Waals surface area contributed by atoms with Gasteiger partial charge in [0.05, 0.1) is 19.8 Å². The predicted octanol–water partition coefficient (Wildman–Crippen LogP) is 3.03. The maximum Gasteiger partial charge on any atom is 0.336 e. The average molecular weight is 300 g/mol. The third kappa shape index (κ3) is 3.38. The van der Waals surface area contributed by atoms with Crippen LogP contribution in [0.15, 0.2) is 42.5 Å². The second kappa shape index (κ2) is 6.67. The molecule has 22 heavy (non-hydrogen) atoms. The molecule has 2 aromatic carbocycles. The first kappa shape index (κ1) is 15.4. The molecule has 0 aliphatic carbocycles. The van der Waals surface area contributed by atoms with Crippen LogP contribution in [0.1, 0.15) is 11.1 Å². The van der Waals surface area contributed by atoms with Crippen molar-refractivity contribution in [3.8, 4) is 17.2 Å². The van der Waals surface area contributed by atoms with Gasteiger partial charge >= 0.3 is 5.97 Å². The largest absolute Gasteiger partial charge is 0.508 e. The van der Waals surface area contributed by atoms with E-state index in [1.807, 2.05) is 0 Å². The van der Waals surface area contributed by atoms with E-state index in [9.17, 15) is 15.0 Å². The number of aliphatic carboxylic acids is 1. The lowest BCUT2D eigenvalue weighted by atomic mass is 10.0. The molecule has 0 aromatic heterocycles. The molecule has 0 spiro atoms. The number of hydrogen-bond acceptors (Lipinski definition) is 4. The normalized spacial score (nSPS) is 11.1. The van der Waals surface area contributed by atoms with Crippen LogP contribution in [0.2, 0.25) is 0 Å². The summed E-state index contributed by atoms with van der Waals surface area (Å²) in [5, 5.41) is 18.9. The number of methoxy groups -OCH3 is 2. The van der Waals surface area contributed by atoms with Gasteiger partial charge in [-0.1, -0.05) is 12.1 Å². The molecule has 0 aliphatic rings. The van der Waals surface area contributed by atoms with Crippen LogP contribution in [-0.4, -0.2) is 30.4 Å². The van der Waals surface area contributed by atoms with Crippen LogP contribution in [0.4, 0.5) is 0 Å². The highest BCUT2D eigenvalue weighted by Gasteiger charge is 2.13. The first-order valence-corrected chi connectivity index (χ1v) is 6.51. The lowest BCUT2D eigenvalue weighted by molar-refractivity contribution is -0.130. The summed E-state index contributed by atoms with van der Waals surface area (Å²) < 4.78 is 10.4. The van der Waals surface area contributed by atoms with Crippen LogP contribution in [0, 0.1) is 0 Å². The van der Waals surface area contributed by atoms with Crippen LogP contribution >= 0.6 is 0 Å². The molecule has 5 heteroatoms. The van der Waals surface area contributed by atoms with Crippen LogP contribution < -0.4 is 9.47 Å². The van der Waals surface area contributed by atoms with Gasteiger partial charge in [0.25, 0.3) is 0 Å². The van der Waals surface area contributed by atoms with Gasteiger partial charge in [0, 0.05) is 11.6 Å². The molecule has 0 amide bonds. The number of rotatable bonds is 5. The SMILES string of the molecule is COc1ccc(/C=C(\C(=O)O)c2cccc(O)c2)c(OC)c1. The molecule has 2 rings (SSSR count). The molecule has 0 aliphatic heterocycles. The lowest BCUT2D eigenvalue weighted by Gasteiger charge is -2.09. The molecule has 0 heterocycles. The van der Waals surface area contributed by atoms with Crippen molar-refractivity contribution in [1.29, 1.82) is 0 Å². The molecule has 0 radical (unpaired) electrons. The van der Waals surface area contributed by atoms with E-state index in [1.165, 1.54) is 25.3 Å². The zero-order chi connectivity index (χ0) is 16.1. The standard InChI is InChI=1S/C17H16O5/c1-21-14-7-6-12(16(10-14)22-2)9-15(17(19)20)11-4-3-5-13(18)8-11/h3-10,18H,1-2H3,(H,19,20)/b15-9-. The lowest BCUT2D eigenvalue weighted by Crippen LogP contribution is -2.00. The molecular weight excluding hydrogens is 284 g/mol. The maximum atomic E-state index is 11.5. The predicted molar refractivity (Wildman–Crippen MR) is 83.2 cm³/mol. The molecule has 114 valence electrons. The van der Waals surface area contributed by atoms with Gasteiger partial charge < -0.3 is 19.7 Å². The quantitative estimate of drug-likeness (QED) is 0.655. The number of benzene rings is 2. The summed E-state index contributed by atoms with van der Waals surface area (Å²) in [4.78, 5) is 11.5. The molecule has 0 atom stereocenters. The van der Waals surface area contributed by atoms with Crippen LogP contribution in [0.5, 0.6) is 17.2 Å². The average Bonchev–Trinajstić information content (AvgIpc) is 2.52. The van der Waals surface area contributed by atoms with E-state index in [4.69, 9.17) is 9.47 Å². The molecule has 0 saturated heterocycles. The fraction of sp³-hybridized carbons (Fsp3) is 0.118. The Kier molecular flexibility index (Phi) is 4.68. The summed E-state index contributed by atoms with van der Waals surface area (Å²) in [6, 6.07) is 11.2. The number of carboxylic acids is 1. The first-order valence-electron chi connectivity index (χ1n) is 6.51. The smallest absolute Gasteiger partial charge is 0.336 e. The van der Waals surface area contributed by atoms with Gasteiger partial charge in [-0.25, -0.2) is 4.79 Å². The summed E-state index contributed by atoms with van der Waals surface area (Å²) in [7, 11) is 3.04. The van der Waals surface area contributed by atoms with Gasteiger partial charge in [-0.2, -0.15) is 0 Å². The molecular formula is C17H16O5. The van der Waals surface area contributed by atoms with Crippen molar-refractivity contribution in [1.82, 2.24) is 0 Å². The van der Waals surface area contributed by atoms with Gasteiger partial charge in [0.15, 0.2) is 0 Å². The minimum atomic E-state index is -1.09. The number of hydrogen-bond donors (Lipinski definition) is 2. The van der Waals surface area contributed by atoms with Crippen molar-refractivity contribution >= 4 is 17.6 Å². The van der Waals surface area contributed by atoms with Crippen molar-refractivity contribution < 1.29 is 24.5 Å². The van der Waals surface area contributed by atoms with E-state index >= 15 is 0 Å². The molecule has 0 bridgehead atoms. The second-order valence-corrected chi connectivity index (χ2v) is 4.52. The zero-order valence-corrected chi connectivity index (χ0v) is 12.2. The van der Waals surface area contributed by atoms with Crippen LogP contribution in [0.25, 0.3) is 11.6 Å². The fourth-order valence-electron chi connectivity index (χ4n) is 2.04. The Labute approximate surface area is 128 Å². The molecule has 2 aromatic rings. The van der Waals surface area contributed by atoms with Gasteiger partial charge in [-0.05, 0) is 35.9 Å². The van der Waals surface area contributed by atoms with E-state index in [1.54, 1.807) is 37.4 Å². The third-order valence-electron chi connectivity index (χ3n) is 3.13. The molecule has 2 N–H and O–H groups in total. The van der Waals surface area contributed by atoms with Gasteiger partial charge in [0.1, 0.15) is 17.2 Å². The summed E-state index contributed by atoms with van der Waals surface area (Å²) in [6.45, 7) is 0. The summed E-state index contributed by atoms with van der Waals surface area (Å²) in [6.07, 6.45) is 1.50. The van der Waals surface area contributed by atoms with Gasteiger partial charge in [0.2, 0.25) is 0 Å². The molecule has 0 fully saturated rings. The Morgan fingerprint density at radius 3 is 2.45 bits per heavy atom. The number of ether oxygens (including phenoxy) is 2. The maximum absolute atomic E-state index is 11.5. The fourth-order valence-corrected chi connectivity index (χ4v) is 2.04. The molecule has 0 unspecified atom stereocenters. The Bertz CT molecular complexity index is 719. The Morgan fingerprint density at radius 1 is 1.09 bits per heavy atom. The minimum absolute atomic E-state index is 0.00588. The number of carbonyl (C=O) groups is 1. The van der Waals surface area contributed by atoms with Crippen molar-refractivity contribution in [3.63, 3.8) is 0 Å². The zero-order valence-electron chi connectivity index (χ0n) is 12.2. The van der Waals surface area contributed by atoms with E-state index in [2.05, 4.69) is 0 Å². The van der Waals surface area contributed by atoms with Crippen LogP contribution in [-0.2, 0) is 4.79 Å². The Morgan fingerprint density at radius 2 is 1.86 bits per heavy atom. The summed E-state index contributed by atoms with van der Waals surface area (Å²) in [5.41, 5.74) is 1.06. The van der Waals surface area contributed by atoms with E-state index in [0.717, 1.165) is 0 Å². The van der Waals surface area contributed by atoms with Gasteiger partial charge in [-0.3, -0.25) is 0 Å². The van der Waals surface area contributed by atoms with Crippen molar-refractivity contribution in [2.24, 2.45) is 0 Å². The van der Waals surface area contributed by atoms with Gasteiger partial charge in [-0.15, -0.1) is 0 Å². The summed E-state index contributed by atoms with van der Waals surface area (Å²) in [5.74, 6) is 0.0244. The number of phenolic OH excluding ortho intramolecular Hbond substituents is 1. The Balaban J connectivity index is 2.54. The van der Waals surface area contributed by atoms with E-state index in [-0.39, 0.29) is 11.3 Å². The number of carboxylic acid groups (broad SMARTS) is 1. The number of aromatic hydroxyl groups is 1. The highest BCUT2D eigenvalue weighted by molar-refractivity contribution is 6.20. The highest BCUT2D eigenvalue weighted by atomic mass is 16.5. The second-order valence-electron chi connectivity index (χ2n) is 4.52. The Hall–Kier alpha value is -2.95. The van der Waals surface area contributed by atoms with Crippen molar-refractivity contribution in [3.05, 3.63) is 53.6 Å². The summed E-state index contributed by atoms with van der Waals surface area (Å²) >= 11 is 0. The third-order valence-corrected chi connectivity index (χ3v) is 3.13. The number of phenols is 1. The van der Waals surface area contributed by atoms with E-state index < -0.39 is 5.97 Å². The topological polar surface area (TPSA) is 76.0 Å². The van der Waals surface area contributed by atoms with Crippen molar-refractivity contribution in [2.45, 2.75) is 0 Å². The van der Waals surface area contributed by atoms with E-state index in [0.29, 0.717) is 22.6 Å². The minimum Gasteiger partial charge on any atom is -0.508 e. The highest BCUT2D eigenvalue weighted by Crippen LogP contribution is 2.29. The first-order chi connectivity index (χ1) is 10.5. The molecule has 0 saturated carbocycles. The molecule has 5 nitrogen and oxygen atoms in total. The van der Waals surface area contributed by atoms with Crippen LogP contribution in [0.3, 0.4) is 0 Å². The van der Waals surface area contributed by atoms with Crippen molar-refractivity contribution in [2.75, 3.05) is 14.2 Å².